The molecule has 1 N–H and O–H groups in total. The van der Waals surface area contributed by atoms with Crippen LogP contribution in [0.3, 0.4) is 0 Å². The lowest BCUT2D eigenvalue weighted by Gasteiger charge is -2.11. The van der Waals surface area contributed by atoms with E-state index in [9.17, 15) is 4.79 Å². The van der Waals surface area contributed by atoms with Crippen LogP contribution in [0.1, 0.15) is 34.0 Å². The van der Waals surface area contributed by atoms with E-state index in [1.165, 1.54) is 5.56 Å². The first kappa shape index (κ1) is 17.9. The van der Waals surface area contributed by atoms with Crippen LogP contribution in [0.2, 0.25) is 0 Å². The third-order valence-corrected chi connectivity index (χ3v) is 4.92. The van der Waals surface area contributed by atoms with Crippen LogP contribution in [-0.4, -0.2) is 20.4 Å². The summed E-state index contributed by atoms with van der Waals surface area (Å²) in [4.78, 5) is 21.5. The molecule has 0 unspecified atom stereocenters. The summed E-state index contributed by atoms with van der Waals surface area (Å²) in [6.07, 6.45) is 4.50. The first-order valence-corrected chi connectivity index (χ1v) is 9.41. The fourth-order valence-corrected chi connectivity index (χ4v) is 3.21. The average Bonchev–Trinajstić information content (AvgIpc) is 3.16. The van der Waals surface area contributed by atoms with Gasteiger partial charge in [0, 0.05) is 18.3 Å². The summed E-state index contributed by atoms with van der Waals surface area (Å²) in [5.41, 5.74) is 6.55. The van der Waals surface area contributed by atoms with Crippen molar-refractivity contribution >= 4 is 17.1 Å². The summed E-state index contributed by atoms with van der Waals surface area (Å²) < 4.78 is 1.92. The Hall–Kier alpha value is -3.47. The van der Waals surface area contributed by atoms with E-state index in [1.807, 2.05) is 41.8 Å². The number of aryl methyl sites for hydroxylation is 2. The molecule has 5 nitrogen and oxygen atoms in total. The minimum atomic E-state index is -0.0989. The van der Waals surface area contributed by atoms with Crippen molar-refractivity contribution in [3.8, 4) is 5.69 Å². The van der Waals surface area contributed by atoms with Gasteiger partial charge in [0.25, 0.3) is 5.91 Å². The smallest absolute Gasteiger partial charge is 0.251 e. The second-order valence-corrected chi connectivity index (χ2v) is 6.81. The summed E-state index contributed by atoms with van der Waals surface area (Å²) in [5, 5.41) is 3.00. The van der Waals surface area contributed by atoms with Crippen LogP contribution >= 0.6 is 0 Å². The van der Waals surface area contributed by atoms with Gasteiger partial charge in [-0.15, -0.1) is 0 Å². The second-order valence-electron chi connectivity index (χ2n) is 6.81. The molecule has 0 spiro atoms. The molecule has 0 saturated carbocycles. The van der Waals surface area contributed by atoms with Gasteiger partial charge in [0.05, 0.1) is 5.69 Å². The number of amides is 1. The van der Waals surface area contributed by atoms with Gasteiger partial charge in [-0.05, 0) is 54.3 Å². The Bertz CT molecular complexity index is 1130. The zero-order valence-corrected chi connectivity index (χ0v) is 16.0. The molecule has 0 radical (unpaired) electrons. The number of pyridine rings is 1. The van der Waals surface area contributed by atoms with Crippen molar-refractivity contribution in [2.75, 3.05) is 0 Å². The predicted octanol–water partition coefficient (Wildman–Crippen LogP) is 4.22. The van der Waals surface area contributed by atoms with Crippen molar-refractivity contribution in [3.05, 3.63) is 89.4 Å². The van der Waals surface area contributed by atoms with E-state index in [1.54, 1.807) is 12.5 Å². The maximum Gasteiger partial charge on any atom is 0.251 e. The van der Waals surface area contributed by atoms with E-state index in [2.05, 4.69) is 46.5 Å². The molecule has 28 heavy (non-hydrogen) atoms. The van der Waals surface area contributed by atoms with Gasteiger partial charge in [0.15, 0.2) is 5.65 Å². The second kappa shape index (κ2) is 7.64. The van der Waals surface area contributed by atoms with Crippen LogP contribution in [-0.2, 0) is 13.0 Å². The van der Waals surface area contributed by atoms with Crippen molar-refractivity contribution in [1.29, 1.82) is 0 Å². The number of benzene rings is 2. The molecule has 0 bridgehead atoms. The van der Waals surface area contributed by atoms with Crippen LogP contribution in [0.4, 0.5) is 0 Å². The van der Waals surface area contributed by atoms with E-state index in [4.69, 9.17) is 0 Å². The van der Waals surface area contributed by atoms with E-state index >= 15 is 0 Å². The van der Waals surface area contributed by atoms with Gasteiger partial charge in [-0.3, -0.25) is 9.36 Å². The number of nitrogens with one attached hydrogen (secondary N) is 1. The number of nitrogens with zero attached hydrogens (tertiary/aromatic N) is 3. The molecule has 2 heterocycles. The Kier molecular flexibility index (Phi) is 4.89. The topological polar surface area (TPSA) is 59.8 Å². The van der Waals surface area contributed by atoms with Gasteiger partial charge in [-0.2, -0.15) is 0 Å². The van der Waals surface area contributed by atoms with Crippen molar-refractivity contribution in [2.45, 2.75) is 26.8 Å². The first-order chi connectivity index (χ1) is 13.7. The molecular formula is C23H22N4O. The molecule has 4 rings (SSSR count). The molecule has 0 saturated heterocycles. The van der Waals surface area contributed by atoms with Crippen LogP contribution in [0.25, 0.3) is 16.9 Å². The predicted molar refractivity (Wildman–Crippen MR) is 111 cm³/mol. The number of rotatable bonds is 5. The number of carbonyl (C=O) groups excluding carboxylic acids is 1. The van der Waals surface area contributed by atoms with Crippen molar-refractivity contribution < 1.29 is 4.79 Å². The summed E-state index contributed by atoms with van der Waals surface area (Å²) >= 11 is 0. The van der Waals surface area contributed by atoms with Crippen molar-refractivity contribution in [2.24, 2.45) is 0 Å². The zero-order valence-electron chi connectivity index (χ0n) is 16.0. The number of hydrogen-bond acceptors (Lipinski definition) is 3. The monoisotopic (exact) mass is 370 g/mol. The molecule has 0 atom stereocenters. The molecule has 0 aliphatic carbocycles. The minimum absolute atomic E-state index is 0.0989. The van der Waals surface area contributed by atoms with Crippen LogP contribution in [0.15, 0.2) is 67.1 Å². The van der Waals surface area contributed by atoms with Gasteiger partial charge < -0.3 is 5.32 Å². The SMILES string of the molecule is CCc1ccc(CNC(=O)c2ccc(C)c(-n3cnc4cccnc43)c2)cc1. The molecule has 2 aromatic heterocycles. The number of aromatic nitrogens is 3. The van der Waals surface area contributed by atoms with E-state index < -0.39 is 0 Å². The molecule has 2 aromatic carbocycles. The quantitative estimate of drug-likeness (QED) is 0.572. The van der Waals surface area contributed by atoms with Gasteiger partial charge in [-0.1, -0.05) is 37.3 Å². The van der Waals surface area contributed by atoms with Crippen LogP contribution in [0.5, 0.6) is 0 Å². The fraction of sp³-hybridized carbons (Fsp3) is 0.174. The lowest BCUT2D eigenvalue weighted by Crippen LogP contribution is -2.23. The first-order valence-electron chi connectivity index (χ1n) is 9.41. The molecule has 5 heteroatoms. The van der Waals surface area contributed by atoms with Gasteiger partial charge in [0.1, 0.15) is 11.8 Å². The molecular weight excluding hydrogens is 348 g/mol. The highest BCUT2D eigenvalue weighted by atomic mass is 16.1. The highest BCUT2D eigenvalue weighted by Gasteiger charge is 2.12. The highest BCUT2D eigenvalue weighted by Crippen LogP contribution is 2.21. The summed E-state index contributed by atoms with van der Waals surface area (Å²) in [6, 6.07) is 17.8. The van der Waals surface area contributed by atoms with Gasteiger partial charge in [0.2, 0.25) is 0 Å². The standard InChI is InChI=1S/C23H22N4O/c1-3-17-7-9-18(10-8-17)14-25-23(28)19-11-6-16(2)21(13-19)27-15-26-20-5-4-12-24-22(20)27/h4-13,15H,3,14H2,1-2H3,(H,25,28). The Morgan fingerprint density at radius 1 is 1.04 bits per heavy atom. The largest absolute Gasteiger partial charge is 0.348 e. The van der Waals surface area contributed by atoms with Crippen molar-refractivity contribution in [1.82, 2.24) is 19.9 Å². The fourth-order valence-electron chi connectivity index (χ4n) is 3.21. The Morgan fingerprint density at radius 3 is 2.61 bits per heavy atom. The number of hydrogen-bond donors (Lipinski definition) is 1. The number of carbonyl (C=O) groups is 1. The Morgan fingerprint density at radius 2 is 1.82 bits per heavy atom. The Labute approximate surface area is 164 Å². The number of fused-ring (bicyclic) bond motifs is 1. The van der Waals surface area contributed by atoms with E-state index in [0.29, 0.717) is 12.1 Å². The molecule has 4 aromatic rings. The Balaban J connectivity index is 1.56. The lowest BCUT2D eigenvalue weighted by atomic mass is 10.1. The molecule has 1 amide bonds. The summed E-state index contributed by atoms with van der Waals surface area (Å²) in [5.74, 6) is -0.0989. The molecule has 0 aliphatic heterocycles. The van der Waals surface area contributed by atoms with Gasteiger partial charge in [-0.25, -0.2) is 9.97 Å². The number of imidazole rings is 1. The summed E-state index contributed by atoms with van der Waals surface area (Å²) in [7, 11) is 0. The normalized spacial score (nSPS) is 10.9. The molecule has 0 aliphatic rings. The molecule has 140 valence electrons. The maximum atomic E-state index is 12.7. The van der Waals surface area contributed by atoms with E-state index in [-0.39, 0.29) is 5.91 Å². The van der Waals surface area contributed by atoms with Crippen LogP contribution < -0.4 is 5.32 Å². The van der Waals surface area contributed by atoms with Crippen molar-refractivity contribution in [3.63, 3.8) is 0 Å². The zero-order chi connectivity index (χ0) is 19.5. The average molecular weight is 370 g/mol. The van der Waals surface area contributed by atoms with Gasteiger partial charge >= 0.3 is 0 Å². The maximum absolute atomic E-state index is 12.7. The highest BCUT2D eigenvalue weighted by molar-refractivity contribution is 5.95. The third-order valence-electron chi connectivity index (χ3n) is 4.92. The minimum Gasteiger partial charge on any atom is -0.348 e. The van der Waals surface area contributed by atoms with E-state index in [0.717, 1.165) is 34.4 Å². The third kappa shape index (κ3) is 3.51. The molecule has 0 fully saturated rings. The summed E-state index contributed by atoms with van der Waals surface area (Å²) in [6.45, 7) is 4.65. The van der Waals surface area contributed by atoms with Crippen LogP contribution in [0, 0.1) is 6.92 Å². The lowest BCUT2D eigenvalue weighted by molar-refractivity contribution is 0.0951.